The molecule has 0 amide bonds. The minimum absolute atomic E-state index is 0.0519. The Balaban J connectivity index is 2.18. The summed E-state index contributed by atoms with van der Waals surface area (Å²) in [5.74, 6) is 0.839. The molecule has 0 unspecified atom stereocenters. The van der Waals surface area contributed by atoms with E-state index in [1.165, 1.54) is 0 Å². The van der Waals surface area contributed by atoms with Crippen molar-refractivity contribution >= 4 is 10.9 Å². The molecule has 0 saturated heterocycles. The highest BCUT2D eigenvalue weighted by Crippen LogP contribution is 2.25. The molecule has 0 bridgehead atoms. The first-order valence-electron chi connectivity index (χ1n) is 6.17. The van der Waals surface area contributed by atoms with E-state index < -0.39 is 0 Å². The molecule has 96 valence electrons. The van der Waals surface area contributed by atoms with Crippen molar-refractivity contribution < 1.29 is 9.84 Å². The van der Waals surface area contributed by atoms with Gasteiger partial charge in [-0.1, -0.05) is 12.1 Å². The van der Waals surface area contributed by atoms with Gasteiger partial charge >= 0.3 is 0 Å². The standard InChI is InChI=1S/C16H15NO2/c1-19-15-6-5-13-7-8-17(16(13)10-15)14-4-2-3-12(9-14)11-18/h2-10,18H,11H2,1H3. The molecule has 0 aliphatic carbocycles. The number of fused-ring (bicyclic) bond motifs is 1. The van der Waals surface area contributed by atoms with Crippen LogP contribution in [-0.4, -0.2) is 16.8 Å². The lowest BCUT2D eigenvalue weighted by Crippen LogP contribution is -1.94. The highest BCUT2D eigenvalue weighted by molar-refractivity contribution is 5.83. The average molecular weight is 253 g/mol. The molecule has 1 N–H and O–H groups in total. The maximum Gasteiger partial charge on any atom is 0.120 e. The van der Waals surface area contributed by atoms with E-state index in [4.69, 9.17) is 4.74 Å². The van der Waals surface area contributed by atoms with Crippen LogP contribution in [0.3, 0.4) is 0 Å². The smallest absolute Gasteiger partial charge is 0.120 e. The van der Waals surface area contributed by atoms with E-state index in [0.717, 1.165) is 27.9 Å². The van der Waals surface area contributed by atoms with Gasteiger partial charge in [0.1, 0.15) is 5.75 Å². The van der Waals surface area contributed by atoms with E-state index in [1.807, 2.05) is 48.7 Å². The Labute approximate surface area is 111 Å². The van der Waals surface area contributed by atoms with Crippen molar-refractivity contribution in [3.63, 3.8) is 0 Å². The predicted molar refractivity (Wildman–Crippen MR) is 75.7 cm³/mol. The lowest BCUT2D eigenvalue weighted by atomic mass is 10.2. The van der Waals surface area contributed by atoms with Crippen molar-refractivity contribution in [1.82, 2.24) is 4.57 Å². The third-order valence-corrected chi connectivity index (χ3v) is 3.27. The maximum absolute atomic E-state index is 9.23. The normalized spacial score (nSPS) is 10.8. The number of methoxy groups -OCH3 is 1. The molecule has 0 saturated carbocycles. The summed E-state index contributed by atoms with van der Waals surface area (Å²) in [6, 6.07) is 16.0. The van der Waals surface area contributed by atoms with Crippen LogP contribution < -0.4 is 4.74 Å². The molecule has 3 heteroatoms. The summed E-state index contributed by atoms with van der Waals surface area (Å²) in [6.45, 7) is 0.0519. The Morgan fingerprint density at radius 3 is 2.79 bits per heavy atom. The lowest BCUT2D eigenvalue weighted by molar-refractivity contribution is 0.282. The highest BCUT2D eigenvalue weighted by atomic mass is 16.5. The van der Waals surface area contributed by atoms with E-state index >= 15 is 0 Å². The fraction of sp³-hybridized carbons (Fsp3) is 0.125. The van der Waals surface area contributed by atoms with Gasteiger partial charge in [0.25, 0.3) is 0 Å². The Bertz CT molecular complexity index is 716. The van der Waals surface area contributed by atoms with Crippen molar-refractivity contribution in [2.75, 3.05) is 7.11 Å². The summed E-state index contributed by atoms with van der Waals surface area (Å²) < 4.78 is 7.37. The fourth-order valence-electron chi connectivity index (χ4n) is 2.26. The van der Waals surface area contributed by atoms with Gasteiger partial charge in [-0.25, -0.2) is 0 Å². The number of hydrogen-bond acceptors (Lipinski definition) is 2. The Hall–Kier alpha value is -2.26. The van der Waals surface area contributed by atoms with Gasteiger partial charge in [0.15, 0.2) is 0 Å². The monoisotopic (exact) mass is 253 g/mol. The van der Waals surface area contributed by atoms with E-state index in [1.54, 1.807) is 7.11 Å². The molecular formula is C16H15NO2. The zero-order chi connectivity index (χ0) is 13.2. The van der Waals surface area contributed by atoms with Crippen molar-refractivity contribution in [3.8, 4) is 11.4 Å². The molecule has 0 atom stereocenters. The van der Waals surface area contributed by atoms with Gasteiger partial charge in [-0.3, -0.25) is 0 Å². The topological polar surface area (TPSA) is 34.4 Å². The van der Waals surface area contributed by atoms with E-state index in [2.05, 4.69) is 10.6 Å². The molecule has 0 fully saturated rings. The third-order valence-electron chi connectivity index (χ3n) is 3.27. The van der Waals surface area contributed by atoms with E-state index in [9.17, 15) is 5.11 Å². The van der Waals surface area contributed by atoms with Crippen LogP contribution in [0.1, 0.15) is 5.56 Å². The largest absolute Gasteiger partial charge is 0.497 e. The van der Waals surface area contributed by atoms with E-state index in [0.29, 0.717) is 0 Å². The summed E-state index contributed by atoms with van der Waals surface area (Å²) in [4.78, 5) is 0. The molecule has 19 heavy (non-hydrogen) atoms. The molecule has 1 aromatic heterocycles. The highest BCUT2D eigenvalue weighted by Gasteiger charge is 2.05. The van der Waals surface area contributed by atoms with Gasteiger partial charge in [0.05, 0.1) is 19.2 Å². The van der Waals surface area contributed by atoms with Gasteiger partial charge in [-0.05, 0) is 35.9 Å². The van der Waals surface area contributed by atoms with Crippen molar-refractivity contribution in [2.24, 2.45) is 0 Å². The van der Waals surface area contributed by atoms with Gasteiger partial charge in [0.2, 0.25) is 0 Å². The number of rotatable bonds is 3. The molecule has 3 aromatic rings. The molecular weight excluding hydrogens is 238 g/mol. The number of hydrogen-bond donors (Lipinski definition) is 1. The predicted octanol–water partition coefficient (Wildman–Crippen LogP) is 3.13. The summed E-state index contributed by atoms with van der Waals surface area (Å²) in [5, 5.41) is 10.4. The van der Waals surface area contributed by atoms with Crippen molar-refractivity contribution in [3.05, 3.63) is 60.3 Å². The first kappa shape index (κ1) is 11.8. The minimum Gasteiger partial charge on any atom is -0.497 e. The van der Waals surface area contributed by atoms with Crippen molar-refractivity contribution in [2.45, 2.75) is 6.61 Å². The number of benzene rings is 2. The molecule has 0 aliphatic rings. The second-order valence-electron chi connectivity index (χ2n) is 4.44. The minimum atomic E-state index is 0.0519. The zero-order valence-corrected chi connectivity index (χ0v) is 10.7. The van der Waals surface area contributed by atoms with Gasteiger partial charge < -0.3 is 14.4 Å². The Kier molecular flexibility index (Phi) is 2.97. The molecule has 0 spiro atoms. The van der Waals surface area contributed by atoms with Crippen LogP contribution in [0.15, 0.2) is 54.7 Å². The third kappa shape index (κ3) is 2.09. The van der Waals surface area contributed by atoms with Crippen LogP contribution in [-0.2, 0) is 6.61 Å². The van der Waals surface area contributed by atoms with Gasteiger partial charge in [-0.2, -0.15) is 0 Å². The Morgan fingerprint density at radius 1 is 1.11 bits per heavy atom. The summed E-state index contributed by atoms with van der Waals surface area (Å²) in [6.07, 6.45) is 2.03. The first-order valence-corrected chi connectivity index (χ1v) is 6.17. The number of aliphatic hydroxyl groups is 1. The summed E-state index contributed by atoms with van der Waals surface area (Å²) >= 11 is 0. The molecule has 3 rings (SSSR count). The first-order chi connectivity index (χ1) is 9.31. The lowest BCUT2D eigenvalue weighted by Gasteiger charge is -2.08. The van der Waals surface area contributed by atoms with Crippen LogP contribution in [0.4, 0.5) is 0 Å². The molecule has 1 heterocycles. The van der Waals surface area contributed by atoms with Gasteiger partial charge in [-0.15, -0.1) is 0 Å². The SMILES string of the molecule is COc1ccc2ccn(-c3cccc(CO)c3)c2c1. The number of aromatic nitrogens is 1. The van der Waals surface area contributed by atoms with Crippen LogP contribution in [0.25, 0.3) is 16.6 Å². The Morgan fingerprint density at radius 2 is 2.00 bits per heavy atom. The van der Waals surface area contributed by atoms with Crippen molar-refractivity contribution in [1.29, 1.82) is 0 Å². The molecule has 0 aliphatic heterocycles. The van der Waals surface area contributed by atoms with Crippen LogP contribution >= 0.6 is 0 Å². The van der Waals surface area contributed by atoms with Crippen LogP contribution in [0.2, 0.25) is 0 Å². The number of ether oxygens (including phenoxy) is 1. The second-order valence-corrected chi connectivity index (χ2v) is 4.44. The van der Waals surface area contributed by atoms with Crippen LogP contribution in [0.5, 0.6) is 5.75 Å². The molecule has 2 aromatic carbocycles. The quantitative estimate of drug-likeness (QED) is 0.778. The fourth-order valence-corrected chi connectivity index (χ4v) is 2.26. The summed E-state index contributed by atoms with van der Waals surface area (Å²) in [7, 11) is 1.67. The maximum atomic E-state index is 9.23. The van der Waals surface area contributed by atoms with E-state index in [-0.39, 0.29) is 6.61 Å². The molecule has 3 nitrogen and oxygen atoms in total. The number of aliphatic hydroxyl groups excluding tert-OH is 1. The zero-order valence-electron chi connectivity index (χ0n) is 10.7. The summed E-state index contributed by atoms with van der Waals surface area (Å²) in [5.41, 5.74) is 3.03. The second kappa shape index (κ2) is 4.78. The van der Waals surface area contributed by atoms with Gasteiger partial charge in [0, 0.05) is 23.3 Å². The number of nitrogens with zero attached hydrogens (tertiary/aromatic N) is 1. The van der Waals surface area contributed by atoms with Crippen LogP contribution in [0, 0.1) is 0 Å². The molecule has 0 radical (unpaired) electrons. The average Bonchev–Trinajstić information content (AvgIpc) is 2.90.